The molecule has 1 N–H and O–H groups in total. The largest absolute Gasteiger partial charge is 0.599 e. The van der Waals surface area contributed by atoms with Gasteiger partial charge in [0.25, 0.3) is 15.6 Å². The number of aromatic nitrogens is 3. The lowest BCUT2D eigenvalue weighted by Gasteiger charge is -2.14. The van der Waals surface area contributed by atoms with E-state index in [1.54, 1.807) is 13.0 Å². The Bertz CT molecular complexity index is 1690. The Kier molecular flexibility index (Phi) is 6.07. The van der Waals surface area contributed by atoms with Gasteiger partial charge in [-0.25, -0.2) is 13.2 Å². The maximum absolute atomic E-state index is 13.5. The molecule has 0 saturated carbocycles. The van der Waals surface area contributed by atoms with Crippen LogP contribution in [-0.4, -0.2) is 28.2 Å². The van der Waals surface area contributed by atoms with Gasteiger partial charge in [-0.3, -0.25) is 9.36 Å². The van der Waals surface area contributed by atoms with Crippen molar-refractivity contribution in [1.29, 1.82) is 0 Å². The van der Waals surface area contributed by atoms with Crippen molar-refractivity contribution in [2.24, 2.45) is 0 Å². The van der Waals surface area contributed by atoms with E-state index in [0.717, 1.165) is 9.13 Å². The minimum atomic E-state index is -4.61. The third kappa shape index (κ3) is 4.00. The van der Waals surface area contributed by atoms with E-state index in [4.69, 9.17) is 23.2 Å². The molecule has 12 heteroatoms. The first kappa shape index (κ1) is 23.7. The van der Waals surface area contributed by atoms with Gasteiger partial charge in [0.05, 0.1) is 15.8 Å². The molecule has 0 aliphatic rings. The number of pyridine rings is 1. The van der Waals surface area contributed by atoms with Crippen LogP contribution in [0.4, 0.5) is 4.79 Å². The number of carbonyl (C=O) groups is 1. The van der Waals surface area contributed by atoms with Crippen molar-refractivity contribution in [2.75, 3.05) is 0 Å². The van der Waals surface area contributed by atoms with Gasteiger partial charge in [-0.2, -0.15) is 4.79 Å². The lowest BCUT2D eigenvalue weighted by atomic mass is 10.2. The number of hydrogen-bond acceptors (Lipinski definition) is 5. The minimum Gasteiger partial charge on any atom is -0.427 e. The average Bonchev–Trinajstić information content (AvgIpc) is 2.77. The summed E-state index contributed by atoms with van der Waals surface area (Å²) in [5.41, 5.74) is -1.43. The van der Waals surface area contributed by atoms with E-state index in [9.17, 15) is 27.9 Å². The Labute approximate surface area is 202 Å². The molecule has 0 spiro atoms. The first-order valence-electron chi connectivity index (χ1n) is 9.72. The summed E-state index contributed by atoms with van der Waals surface area (Å²) in [5, 5.41) is 9.98. The molecule has 34 heavy (non-hydrogen) atoms. The van der Waals surface area contributed by atoms with Crippen LogP contribution in [0.15, 0.2) is 75.3 Å². The normalized spacial score (nSPS) is 11.6. The summed E-state index contributed by atoms with van der Waals surface area (Å²) in [4.78, 5) is 38.2. The van der Waals surface area contributed by atoms with Gasteiger partial charge in [-0.15, -0.1) is 3.97 Å². The van der Waals surface area contributed by atoms with Crippen LogP contribution >= 0.6 is 23.2 Å². The fourth-order valence-electron chi connectivity index (χ4n) is 3.57. The predicted octanol–water partition coefficient (Wildman–Crippen LogP) is 2.88. The van der Waals surface area contributed by atoms with Gasteiger partial charge in [0, 0.05) is 21.7 Å². The Hall–Kier alpha value is -3.47. The van der Waals surface area contributed by atoms with Gasteiger partial charge < -0.3 is 5.11 Å². The lowest BCUT2D eigenvalue weighted by Crippen LogP contribution is -2.49. The van der Waals surface area contributed by atoms with Gasteiger partial charge >= 0.3 is 11.8 Å². The molecule has 0 atom stereocenters. The van der Waals surface area contributed by atoms with Gasteiger partial charge in [0.15, 0.2) is 6.20 Å². The number of nitrogens with zero attached hydrogens (tertiary/aromatic N) is 3. The van der Waals surface area contributed by atoms with Crippen LogP contribution in [0.5, 0.6) is 0 Å². The molecule has 0 radical (unpaired) electrons. The van der Waals surface area contributed by atoms with Crippen LogP contribution in [-0.2, 0) is 16.6 Å². The number of halogens is 2. The summed E-state index contributed by atoms with van der Waals surface area (Å²) in [6.07, 6.45) is 0.00178. The molecule has 0 aliphatic heterocycles. The van der Waals surface area contributed by atoms with Crippen molar-refractivity contribution in [1.82, 2.24) is 8.54 Å². The van der Waals surface area contributed by atoms with Crippen LogP contribution < -0.4 is 15.8 Å². The van der Waals surface area contributed by atoms with Crippen molar-refractivity contribution < 1.29 is 22.9 Å². The van der Waals surface area contributed by atoms with Crippen molar-refractivity contribution in [2.45, 2.75) is 18.4 Å². The molecule has 4 aromatic rings. The molecule has 2 aromatic heterocycles. The molecule has 2 heterocycles. The van der Waals surface area contributed by atoms with Gasteiger partial charge in [-0.05, 0) is 55.5 Å². The number of carboxylic acid groups (broad SMARTS) is 1. The second kappa shape index (κ2) is 8.71. The highest BCUT2D eigenvalue weighted by Crippen LogP contribution is 2.19. The van der Waals surface area contributed by atoms with E-state index in [-0.39, 0.29) is 42.1 Å². The molecular formula is C22H16Cl2N3O6S+. The third-order valence-electron chi connectivity index (χ3n) is 5.26. The summed E-state index contributed by atoms with van der Waals surface area (Å²) >= 11 is 11.9. The van der Waals surface area contributed by atoms with Crippen molar-refractivity contribution in [3.63, 3.8) is 0 Å². The standard InChI is InChI=1S/C22H15Cl2N3O6S/c1-13-3-2-10-25(22(30)31)19(13)12-26-18-11-15(24)6-9-17(18)20(28)27(21(26)29)34(32,33)16-7-4-14(23)5-8-16/h2-11H,12H2,1H3/p+1. The smallest absolute Gasteiger partial charge is 0.427 e. The van der Waals surface area contributed by atoms with E-state index in [0.29, 0.717) is 5.56 Å². The monoisotopic (exact) mass is 520 g/mol. The summed E-state index contributed by atoms with van der Waals surface area (Å²) in [5.74, 6) is 0. The minimum absolute atomic E-state index is 0.0604. The zero-order valence-corrected chi connectivity index (χ0v) is 19.8. The van der Waals surface area contributed by atoms with E-state index in [1.807, 2.05) is 0 Å². The van der Waals surface area contributed by atoms with Crippen LogP contribution in [0.2, 0.25) is 10.0 Å². The second-order valence-electron chi connectivity index (χ2n) is 7.35. The molecule has 4 rings (SSSR count). The summed E-state index contributed by atoms with van der Waals surface area (Å²) in [6, 6.07) is 12.2. The fraction of sp³-hybridized carbons (Fsp3) is 0.0909. The Morgan fingerprint density at radius 2 is 1.68 bits per heavy atom. The van der Waals surface area contributed by atoms with E-state index in [1.165, 1.54) is 54.7 Å². The first-order chi connectivity index (χ1) is 16.0. The van der Waals surface area contributed by atoms with Crippen LogP contribution in [0.3, 0.4) is 0 Å². The van der Waals surface area contributed by atoms with E-state index in [2.05, 4.69) is 0 Å². The zero-order valence-electron chi connectivity index (χ0n) is 17.5. The first-order valence-corrected chi connectivity index (χ1v) is 11.9. The van der Waals surface area contributed by atoms with Gasteiger partial charge in [-0.1, -0.05) is 27.8 Å². The molecular weight excluding hydrogens is 505 g/mol. The summed E-state index contributed by atoms with van der Waals surface area (Å²) < 4.78 is 28.7. The summed E-state index contributed by atoms with van der Waals surface area (Å²) in [7, 11) is -4.61. The number of rotatable bonds is 4. The number of aryl methyl sites for hydroxylation is 1. The second-order valence-corrected chi connectivity index (χ2v) is 10.0. The Balaban J connectivity index is 2.09. The molecule has 0 unspecified atom stereocenters. The van der Waals surface area contributed by atoms with E-state index >= 15 is 0 Å². The Morgan fingerprint density at radius 3 is 2.32 bits per heavy atom. The van der Waals surface area contributed by atoms with Crippen LogP contribution in [0.1, 0.15) is 11.3 Å². The van der Waals surface area contributed by atoms with Gasteiger partial charge in [0.1, 0.15) is 6.54 Å². The van der Waals surface area contributed by atoms with Gasteiger partial charge in [0.2, 0.25) is 5.69 Å². The highest BCUT2D eigenvalue weighted by Gasteiger charge is 2.28. The average molecular weight is 521 g/mol. The van der Waals surface area contributed by atoms with Crippen LogP contribution in [0, 0.1) is 6.92 Å². The molecule has 0 bridgehead atoms. The molecule has 0 amide bonds. The molecule has 2 aromatic carbocycles. The lowest BCUT2D eigenvalue weighted by molar-refractivity contribution is -0.593. The maximum atomic E-state index is 13.5. The van der Waals surface area contributed by atoms with Crippen molar-refractivity contribution >= 4 is 50.2 Å². The van der Waals surface area contributed by atoms with Crippen molar-refractivity contribution in [3.05, 3.63) is 103 Å². The van der Waals surface area contributed by atoms with Crippen molar-refractivity contribution in [3.8, 4) is 0 Å². The Morgan fingerprint density at radius 1 is 1.03 bits per heavy atom. The number of benzene rings is 2. The predicted molar refractivity (Wildman–Crippen MR) is 125 cm³/mol. The zero-order chi connectivity index (χ0) is 24.8. The van der Waals surface area contributed by atoms with E-state index < -0.39 is 27.4 Å². The number of hydrogen-bond donors (Lipinski definition) is 1. The summed E-state index contributed by atoms with van der Waals surface area (Å²) in [6.45, 7) is 1.31. The number of fused-ring (bicyclic) bond motifs is 1. The fourth-order valence-corrected chi connectivity index (χ4v) is 5.18. The molecule has 9 nitrogen and oxygen atoms in total. The highest BCUT2D eigenvalue weighted by molar-refractivity contribution is 7.90. The quantitative estimate of drug-likeness (QED) is 0.413. The maximum Gasteiger partial charge on any atom is 0.599 e. The molecule has 0 saturated heterocycles. The molecule has 0 aliphatic carbocycles. The van der Waals surface area contributed by atoms with Crippen LogP contribution in [0.25, 0.3) is 10.9 Å². The SMILES string of the molecule is Cc1ccc[n+](C(=O)O)c1Cn1c(=O)n(S(=O)(=O)c2ccc(Cl)cc2)c(=O)c2ccc(Cl)cc21. The molecule has 174 valence electrons. The topological polar surface area (TPSA) is 119 Å². The molecule has 0 fully saturated rings. The highest BCUT2D eigenvalue weighted by atomic mass is 35.5. The third-order valence-corrected chi connectivity index (χ3v) is 7.42.